The van der Waals surface area contributed by atoms with Gasteiger partial charge in [0.05, 0.1) is 5.02 Å². The first-order chi connectivity index (χ1) is 5.20. The number of halogens is 1. The maximum absolute atomic E-state index is 5.93. The topological polar surface area (TPSA) is 26.3 Å². The highest BCUT2D eigenvalue weighted by Crippen LogP contribution is 2.31. The van der Waals surface area contributed by atoms with E-state index < -0.39 is 0 Å². The molecule has 0 atom stereocenters. The molecule has 0 amide bonds. The van der Waals surface area contributed by atoms with Crippen molar-refractivity contribution in [2.24, 2.45) is 0 Å². The lowest BCUT2D eigenvalue weighted by molar-refractivity contribution is 0.0589. The summed E-state index contributed by atoms with van der Waals surface area (Å²) in [6.45, 7) is 3.95. The quantitative estimate of drug-likeness (QED) is 0.567. The molecule has 0 radical (unpaired) electrons. The summed E-state index contributed by atoms with van der Waals surface area (Å²) in [6, 6.07) is 1.92. The molecule has 0 N–H and O–H groups in total. The van der Waals surface area contributed by atoms with Crippen molar-refractivity contribution in [3.05, 3.63) is 22.2 Å². The summed E-state index contributed by atoms with van der Waals surface area (Å²) < 4.78 is 9.42. The third-order valence-corrected chi connectivity index (χ3v) is 2.36. The standard InChI is InChI=1S/C8H7ClO2/c1-4-3-6-8(11-10-6)7(9)5(4)2/h3H,1-2H3. The zero-order valence-corrected chi connectivity index (χ0v) is 7.03. The summed E-state index contributed by atoms with van der Waals surface area (Å²) in [6.07, 6.45) is 0. The number of hydrogen-bond donors (Lipinski definition) is 0. The summed E-state index contributed by atoms with van der Waals surface area (Å²) in [5.41, 5.74) is 3.57. The molecule has 3 heteroatoms. The van der Waals surface area contributed by atoms with Crippen molar-refractivity contribution >= 4 is 22.8 Å². The molecule has 2 aromatic rings. The number of aryl methyl sites for hydroxylation is 1. The van der Waals surface area contributed by atoms with Crippen LogP contribution in [0.2, 0.25) is 5.02 Å². The van der Waals surface area contributed by atoms with Gasteiger partial charge >= 0.3 is 0 Å². The first kappa shape index (κ1) is 6.80. The van der Waals surface area contributed by atoms with Crippen molar-refractivity contribution in [1.82, 2.24) is 0 Å². The predicted octanol–water partition coefficient (Wildman–Crippen LogP) is 3.30. The Hall–Kier alpha value is -0.890. The van der Waals surface area contributed by atoms with Gasteiger partial charge in [0.2, 0.25) is 11.2 Å². The summed E-state index contributed by atoms with van der Waals surface area (Å²) in [5.74, 6) is 0. The number of benzene rings is 1. The highest BCUT2D eigenvalue weighted by Gasteiger charge is 2.13. The first-order valence-electron chi connectivity index (χ1n) is 3.34. The number of fused-ring (bicyclic) bond motifs is 1. The Morgan fingerprint density at radius 3 is 2.55 bits per heavy atom. The van der Waals surface area contributed by atoms with Gasteiger partial charge in [-0.3, -0.25) is 9.15 Å². The SMILES string of the molecule is Cc1cc2ooc2c(Cl)c1C. The largest absolute Gasteiger partial charge is 0.285 e. The van der Waals surface area contributed by atoms with Crippen LogP contribution in [0.4, 0.5) is 0 Å². The van der Waals surface area contributed by atoms with Gasteiger partial charge in [-0.15, -0.1) is 0 Å². The van der Waals surface area contributed by atoms with Crippen molar-refractivity contribution in [1.29, 1.82) is 0 Å². The second-order valence-corrected chi connectivity index (χ2v) is 3.00. The molecule has 0 unspecified atom stereocenters. The van der Waals surface area contributed by atoms with Crippen LogP contribution in [0.1, 0.15) is 11.1 Å². The lowest BCUT2D eigenvalue weighted by atomic mass is 10.1. The monoisotopic (exact) mass is 170 g/mol. The molecule has 1 aromatic carbocycles. The fourth-order valence-corrected chi connectivity index (χ4v) is 1.29. The van der Waals surface area contributed by atoms with E-state index in [0.717, 1.165) is 16.7 Å². The zero-order valence-electron chi connectivity index (χ0n) is 6.27. The smallest absolute Gasteiger partial charge is 0.244 e. The molecule has 0 fully saturated rings. The van der Waals surface area contributed by atoms with E-state index in [1.807, 2.05) is 19.9 Å². The zero-order chi connectivity index (χ0) is 8.01. The Morgan fingerprint density at radius 1 is 1.27 bits per heavy atom. The van der Waals surface area contributed by atoms with Crippen molar-refractivity contribution in [2.75, 3.05) is 0 Å². The van der Waals surface area contributed by atoms with Crippen LogP contribution < -0.4 is 0 Å². The Labute approximate surface area is 68.7 Å². The molecule has 1 heterocycles. The van der Waals surface area contributed by atoms with E-state index in [4.69, 9.17) is 20.8 Å². The Balaban J connectivity index is 2.86. The third-order valence-electron chi connectivity index (χ3n) is 1.91. The van der Waals surface area contributed by atoms with Crippen molar-refractivity contribution in [3.8, 4) is 0 Å². The van der Waals surface area contributed by atoms with Gasteiger partial charge in [-0.25, -0.2) is 0 Å². The fourth-order valence-electron chi connectivity index (χ4n) is 1.01. The molecule has 0 bridgehead atoms. The predicted molar refractivity (Wildman–Crippen MR) is 43.0 cm³/mol. The van der Waals surface area contributed by atoms with E-state index in [1.165, 1.54) is 0 Å². The Morgan fingerprint density at radius 2 is 2.00 bits per heavy atom. The van der Waals surface area contributed by atoms with Gasteiger partial charge in [0.25, 0.3) is 0 Å². The maximum Gasteiger partial charge on any atom is 0.244 e. The highest BCUT2D eigenvalue weighted by atomic mass is 35.5. The average molecular weight is 171 g/mol. The van der Waals surface area contributed by atoms with Crippen LogP contribution in [-0.4, -0.2) is 0 Å². The van der Waals surface area contributed by atoms with E-state index in [1.54, 1.807) is 0 Å². The molecular weight excluding hydrogens is 164 g/mol. The summed E-state index contributed by atoms with van der Waals surface area (Å²) in [5, 5.41) is 0.659. The van der Waals surface area contributed by atoms with Crippen LogP contribution in [0.15, 0.2) is 15.2 Å². The minimum Gasteiger partial charge on any atom is -0.285 e. The molecule has 11 heavy (non-hydrogen) atoms. The van der Waals surface area contributed by atoms with Crippen molar-refractivity contribution in [3.63, 3.8) is 0 Å². The van der Waals surface area contributed by atoms with Crippen LogP contribution in [0.3, 0.4) is 0 Å². The molecule has 0 spiro atoms. The minimum atomic E-state index is 0.659. The van der Waals surface area contributed by atoms with Crippen LogP contribution >= 0.6 is 11.6 Å². The molecule has 0 aliphatic carbocycles. The van der Waals surface area contributed by atoms with Crippen molar-refractivity contribution in [2.45, 2.75) is 13.8 Å². The Bertz CT molecular complexity index is 397. The van der Waals surface area contributed by atoms with Crippen LogP contribution in [0.25, 0.3) is 11.2 Å². The normalized spacial score (nSPS) is 11.2. The van der Waals surface area contributed by atoms with E-state index in [0.29, 0.717) is 10.6 Å². The Kier molecular flexibility index (Phi) is 1.26. The first-order valence-corrected chi connectivity index (χ1v) is 3.72. The maximum atomic E-state index is 5.93. The van der Waals surface area contributed by atoms with Gasteiger partial charge in [0.1, 0.15) is 0 Å². The van der Waals surface area contributed by atoms with Gasteiger partial charge in [-0.05, 0) is 31.0 Å². The van der Waals surface area contributed by atoms with Gasteiger partial charge in [0.15, 0.2) is 0 Å². The van der Waals surface area contributed by atoms with Gasteiger partial charge < -0.3 is 0 Å². The number of rotatable bonds is 0. The summed E-state index contributed by atoms with van der Waals surface area (Å²) >= 11 is 5.93. The molecule has 0 aliphatic heterocycles. The van der Waals surface area contributed by atoms with E-state index >= 15 is 0 Å². The third kappa shape index (κ3) is 0.792. The summed E-state index contributed by atoms with van der Waals surface area (Å²) in [7, 11) is 0. The van der Waals surface area contributed by atoms with E-state index in [9.17, 15) is 0 Å². The van der Waals surface area contributed by atoms with Gasteiger partial charge in [-0.2, -0.15) is 0 Å². The second-order valence-electron chi connectivity index (χ2n) is 2.63. The lowest BCUT2D eigenvalue weighted by Crippen LogP contribution is -1.86. The second kappa shape index (κ2) is 2.05. The average Bonchev–Trinajstić information content (AvgIpc) is 1.93. The van der Waals surface area contributed by atoms with Gasteiger partial charge in [-0.1, -0.05) is 11.6 Å². The molecule has 1 aromatic heterocycles. The minimum absolute atomic E-state index is 0.659. The van der Waals surface area contributed by atoms with Crippen molar-refractivity contribution < 1.29 is 9.15 Å². The fraction of sp³-hybridized carbons (Fsp3) is 0.250. The lowest BCUT2D eigenvalue weighted by Gasteiger charge is -2.05. The van der Waals surface area contributed by atoms with Crippen LogP contribution in [0, 0.1) is 13.8 Å². The molecule has 58 valence electrons. The molecule has 0 saturated carbocycles. The van der Waals surface area contributed by atoms with Gasteiger partial charge in [0, 0.05) is 0 Å². The molecule has 2 nitrogen and oxygen atoms in total. The molecular formula is C8H7ClO2. The van der Waals surface area contributed by atoms with Crippen LogP contribution in [0.5, 0.6) is 0 Å². The molecule has 0 aliphatic rings. The highest BCUT2D eigenvalue weighted by molar-refractivity contribution is 6.35. The number of hydrogen-bond acceptors (Lipinski definition) is 2. The molecule has 2 rings (SSSR count). The molecule has 0 saturated heterocycles. The van der Waals surface area contributed by atoms with E-state index in [-0.39, 0.29) is 0 Å². The van der Waals surface area contributed by atoms with Crippen LogP contribution in [-0.2, 0) is 0 Å². The van der Waals surface area contributed by atoms with E-state index in [2.05, 4.69) is 0 Å². The summed E-state index contributed by atoms with van der Waals surface area (Å²) in [4.78, 5) is 0.